The van der Waals surface area contributed by atoms with Gasteiger partial charge in [-0.1, -0.05) is 6.92 Å². The van der Waals surface area contributed by atoms with E-state index >= 15 is 0 Å². The Morgan fingerprint density at radius 3 is 2.43 bits per heavy atom. The van der Waals surface area contributed by atoms with Crippen LogP contribution in [0.25, 0.3) is 0 Å². The summed E-state index contributed by atoms with van der Waals surface area (Å²) in [6.45, 7) is 10.1. The highest BCUT2D eigenvalue weighted by Crippen LogP contribution is 2.27. The number of halogens is 1. The number of guanidine groups is 1. The molecule has 0 aromatic rings. The maximum absolute atomic E-state index is 11.9. The predicted octanol–water partition coefficient (Wildman–Crippen LogP) is 2.68. The lowest BCUT2D eigenvalue weighted by Crippen LogP contribution is -2.43. The minimum absolute atomic E-state index is 0. The number of ether oxygens (including phenoxy) is 1. The fraction of sp³-hybridized carbons (Fsp3) is 0.875. The molecule has 1 saturated carbocycles. The molecule has 1 rings (SSSR count). The number of hydrogen-bond acceptors (Lipinski definition) is 3. The fourth-order valence-corrected chi connectivity index (χ4v) is 2.00. The van der Waals surface area contributed by atoms with Crippen LogP contribution < -0.4 is 10.6 Å². The second kappa shape index (κ2) is 10.2. The molecule has 0 aromatic heterocycles. The van der Waals surface area contributed by atoms with Gasteiger partial charge >= 0.3 is 6.09 Å². The quantitative estimate of drug-likeness (QED) is 0.379. The molecule has 0 aromatic carbocycles. The molecule has 1 fully saturated rings. The van der Waals surface area contributed by atoms with Gasteiger partial charge in [-0.3, -0.25) is 4.99 Å². The van der Waals surface area contributed by atoms with Crippen LogP contribution in [0.2, 0.25) is 0 Å². The Labute approximate surface area is 157 Å². The SMILES string of the molecule is CN=C(NCC(C)CN(C)C(=O)OC(C)(C)C)NCC1CC1.I. The number of nitrogens with zero attached hydrogens (tertiary/aromatic N) is 2. The monoisotopic (exact) mass is 440 g/mol. The molecule has 7 heteroatoms. The average molecular weight is 440 g/mol. The Kier molecular flexibility index (Phi) is 9.88. The van der Waals surface area contributed by atoms with Crippen LogP contribution in [0.3, 0.4) is 0 Å². The van der Waals surface area contributed by atoms with Crippen LogP contribution in [0.5, 0.6) is 0 Å². The standard InChI is InChI=1S/C16H32N4O2.HI/c1-12(11-20(6)15(21)22-16(2,3)4)9-18-14(17-5)19-10-13-7-8-13;/h12-13H,7-11H2,1-6H3,(H2,17,18,19);1H. The molecule has 0 heterocycles. The molecule has 23 heavy (non-hydrogen) atoms. The van der Waals surface area contributed by atoms with Gasteiger partial charge in [0, 0.05) is 33.7 Å². The van der Waals surface area contributed by atoms with Crippen molar-refractivity contribution in [3.05, 3.63) is 0 Å². The van der Waals surface area contributed by atoms with E-state index in [-0.39, 0.29) is 30.1 Å². The van der Waals surface area contributed by atoms with Crippen molar-refractivity contribution in [3.8, 4) is 0 Å². The van der Waals surface area contributed by atoms with E-state index in [2.05, 4.69) is 22.5 Å². The number of carbonyl (C=O) groups excluding carboxylic acids is 1. The van der Waals surface area contributed by atoms with E-state index in [9.17, 15) is 4.79 Å². The first kappa shape index (κ1) is 22.3. The molecule has 0 aliphatic heterocycles. The molecular weight excluding hydrogens is 407 g/mol. The lowest BCUT2D eigenvalue weighted by molar-refractivity contribution is 0.0278. The number of nitrogens with one attached hydrogen (secondary N) is 2. The largest absolute Gasteiger partial charge is 0.444 e. The van der Waals surface area contributed by atoms with Crippen LogP contribution in [0.1, 0.15) is 40.5 Å². The smallest absolute Gasteiger partial charge is 0.410 e. The molecule has 0 spiro atoms. The van der Waals surface area contributed by atoms with E-state index < -0.39 is 5.60 Å². The molecule has 1 atom stereocenters. The summed E-state index contributed by atoms with van der Waals surface area (Å²) >= 11 is 0. The minimum atomic E-state index is -0.457. The minimum Gasteiger partial charge on any atom is -0.444 e. The van der Waals surface area contributed by atoms with Crippen LogP contribution in [0.15, 0.2) is 4.99 Å². The van der Waals surface area contributed by atoms with Crippen molar-refractivity contribution in [2.75, 3.05) is 33.7 Å². The van der Waals surface area contributed by atoms with Gasteiger partial charge < -0.3 is 20.3 Å². The zero-order chi connectivity index (χ0) is 16.8. The van der Waals surface area contributed by atoms with E-state index in [0.717, 1.165) is 25.0 Å². The molecule has 6 nitrogen and oxygen atoms in total. The van der Waals surface area contributed by atoms with Crippen molar-refractivity contribution in [2.45, 2.75) is 46.1 Å². The Morgan fingerprint density at radius 2 is 1.96 bits per heavy atom. The Morgan fingerprint density at radius 1 is 1.35 bits per heavy atom. The van der Waals surface area contributed by atoms with Crippen LogP contribution in [0.4, 0.5) is 4.79 Å². The summed E-state index contributed by atoms with van der Waals surface area (Å²) in [4.78, 5) is 17.8. The summed E-state index contributed by atoms with van der Waals surface area (Å²) in [6, 6.07) is 0. The third kappa shape index (κ3) is 10.6. The maximum Gasteiger partial charge on any atom is 0.410 e. The highest BCUT2D eigenvalue weighted by atomic mass is 127. The summed E-state index contributed by atoms with van der Waals surface area (Å²) in [5.74, 6) is 1.95. The zero-order valence-electron chi connectivity index (χ0n) is 15.3. The summed E-state index contributed by atoms with van der Waals surface area (Å²) in [7, 11) is 3.55. The fourth-order valence-electron chi connectivity index (χ4n) is 2.00. The first-order valence-electron chi connectivity index (χ1n) is 8.10. The van der Waals surface area contributed by atoms with Gasteiger partial charge in [-0.15, -0.1) is 24.0 Å². The van der Waals surface area contributed by atoms with Gasteiger partial charge in [-0.05, 0) is 45.4 Å². The van der Waals surface area contributed by atoms with Gasteiger partial charge in [-0.2, -0.15) is 0 Å². The molecule has 136 valence electrons. The van der Waals surface area contributed by atoms with Gasteiger partial charge in [0.1, 0.15) is 5.60 Å². The van der Waals surface area contributed by atoms with Crippen molar-refractivity contribution < 1.29 is 9.53 Å². The van der Waals surface area contributed by atoms with Crippen LogP contribution in [-0.2, 0) is 4.74 Å². The second-order valence-electron chi connectivity index (χ2n) is 7.24. The Balaban J connectivity index is 0.00000484. The lowest BCUT2D eigenvalue weighted by atomic mass is 10.1. The maximum atomic E-state index is 11.9. The topological polar surface area (TPSA) is 66.0 Å². The van der Waals surface area contributed by atoms with Crippen LogP contribution in [0, 0.1) is 11.8 Å². The average Bonchev–Trinajstić information content (AvgIpc) is 3.21. The molecular formula is C16H33IN4O2. The normalized spacial score (nSPS) is 16.2. The van der Waals surface area contributed by atoms with Crippen molar-refractivity contribution in [3.63, 3.8) is 0 Å². The van der Waals surface area contributed by atoms with Gasteiger partial charge in [0.25, 0.3) is 0 Å². The van der Waals surface area contributed by atoms with E-state index in [1.165, 1.54) is 12.8 Å². The third-order valence-electron chi connectivity index (χ3n) is 3.39. The summed E-state index contributed by atoms with van der Waals surface area (Å²) in [5, 5.41) is 6.63. The van der Waals surface area contributed by atoms with Crippen molar-refractivity contribution in [1.29, 1.82) is 0 Å². The molecule has 1 aliphatic carbocycles. The van der Waals surface area contributed by atoms with Crippen LogP contribution in [-0.4, -0.2) is 56.3 Å². The number of amides is 1. The third-order valence-corrected chi connectivity index (χ3v) is 3.39. The van der Waals surface area contributed by atoms with Gasteiger partial charge in [0.2, 0.25) is 0 Å². The first-order chi connectivity index (χ1) is 10.2. The molecule has 0 bridgehead atoms. The van der Waals surface area contributed by atoms with Crippen molar-refractivity contribution >= 4 is 36.0 Å². The highest BCUT2D eigenvalue weighted by Gasteiger charge is 2.22. The molecule has 0 radical (unpaired) electrons. The predicted molar refractivity (Wildman–Crippen MR) is 106 cm³/mol. The summed E-state index contributed by atoms with van der Waals surface area (Å²) in [6.07, 6.45) is 2.36. The van der Waals surface area contributed by atoms with Gasteiger partial charge in [-0.25, -0.2) is 4.79 Å². The number of carbonyl (C=O) groups is 1. The number of aliphatic imine (C=N–C) groups is 1. The molecule has 1 amide bonds. The number of hydrogen-bond donors (Lipinski definition) is 2. The Bertz CT molecular complexity index is 392. The summed E-state index contributed by atoms with van der Waals surface area (Å²) < 4.78 is 5.35. The molecule has 1 unspecified atom stereocenters. The van der Waals surface area contributed by atoms with Gasteiger partial charge in [0.15, 0.2) is 5.96 Å². The lowest BCUT2D eigenvalue weighted by Gasteiger charge is -2.26. The van der Waals surface area contributed by atoms with E-state index in [4.69, 9.17) is 4.74 Å². The second-order valence-corrected chi connectivity index (χ2v) is 7.24. The molecule has 1 aliphatic rings. The summed E-state index contributed by atoms with van der Waals surface area (Å²) in [5.41, 5.74) is -0.457. The van der Waals surface area contributed by atoms with Crippen molar-refractivity contribution in [1.82, 2.24) is 15.5 Å². The van der Waals surface area contributed by atoms with Crippen LogP contribution >= 0.6 is 24.0 Å². The highest BCUT2D eigenvalue weighted by molar-refractivity contribution is 14.0. The van der Waals surface area contributed by atoms with Crippen molar-refractivity contribution in [2.24, 2.45) is 16.8 Å². The van der Waals surface area contributed by atoms with E-state index in [0.29, 0.717) is 12.5 Å². The zero-order valence-corrected chi connectivity index (χ0v) is 17.6. The molecule has 0 saturated heterocycles. The van der Waals surface area contributed by atoms with E-state index in [1.54, 1.807) is 19.0 Å². The first-order valence-corrected chi connectivity index (χ1v) is 8.10. The molecule has 2 N–H and O–H groups in total. The number of rotatable bonds is 6. The van der Waals surface area contributed by atoms with Gasteiger partial charge in [0.05, 0.1) is 0 Å². The van der Waals surface area contributed by atoms with E-state index in [1.807, 2.05) is 20.8 Å². The Hall–Kier alpha value is -0.730.